The third kappa shape index (κ3) is 1.64. The lowest BCUT2D eigenvalue weighted by atomic mass is 9.92. The Kier molecular flexibility index (Phi) is 2.64. The molecule has 4 unspecified atom stereocenters. The van der Waals surface area contributed by atoms with Crippen LogP contribution in [0.15, 0.2) is 0 Å². The van der Waals surface area contributed by atoms with Crippen LogP contribution in [0.4, 0.5) is 0 Å². The van der Waals surface area contributed by atoms with E-state index in [1.165, 1.54) is 25.7 Å². The van der Waals surface area contributed by atoms with E-state index in [1.54, 1.807) is 0 Å². The van der Waals surface area contributed by atoms with E-state index in [2.05, 4.69) is 10.2 Å². The monoisotopic (exact) mass is 223 g/mol. The van der Waals surface area contributed by atoms with E-state index < -0.39 is 0 Å². The molecule has 0 aromatic rings. The molecule has 3 N–H and O–H groups in total. The zero-order valence-electron chi connectivity index (χ0n) is 9.69. The lowest BCUT2D eigenvalue weighted by Crippen LogP contribution is -2.60. The first-order chi connectivity index (χ1) is 7.75. The van der Waals surface area contributed by atoms with E-state index in [9.17, 15) is 4.79 Å². The molecule has 0 spiro atoms. The summed E-state index contributed by atoms with van der Waals surface area (Å²) in [6.45, 7) is 2.72. The van der Waals surface area contributed by atoms with E-state index in [0.29, 0.717) is 6.04 Å². The maximum atomic E-state index is 11.5. The summed E-state index contributed by atoms with van der Waals surface area (Å²) in [5.74, 6) is 1.61. The molecule has 0 aromatic carbocycles. The number of nitrogens with two attached hydrogens (primary N) is 1. The van der Waals surface area contributed by atoms with Gasteiger partial charge in [-0.05, 0) is 31.1 Å². The molecule has 90 valence electrons. The van der Waals surface area contributed by atoms with Crippen LogP contribution < -0.4 is 11.1 Å². The highest BCUT2D eigenvalue weighted by Crippen LogP contribution is 2.47. The largest absolute Gasteiger partial charge is 0.368 e. The second-order valence-electron chi connectivity index (χ2n) is 5.60. The first kappa shape index (κ1) is 10.5. The molecule has 3 rings (SSSR count). The zero-order valence-corrected chi connectivity index (χ0v) is 9.69. The predicted octanol–water partition coefficient (Wildman–Crippen LogP) is -0.0659. The van der Waals surface area contributed by atoms with E-state index >= 15 is 0 Å². The topological polar surface area (TPSA) is 58.4 Å². The van der Waals surface area contributed by atoms with Gasteiger partial charge in [0.15, 0.2) is 0 Å². The first-order valence-electron chi connectivity index (χ1n) is 6.51. The number of nitrogens with one attached hydrogen (secondary N) is 1. The Morgan fingerprint density at radius 2 is 2.19 bits per heavy atom. The van der Waals surface area contributed by atoms with Crippen LogP contribution in [0, 0.1) is 11.8 Å². The number of amides is 1. The molecule has 4 atom stereocenters. The summed E-state index contributed by atoms with van der Waals surface area (Å²) in [6, 6.07) is 0.566. The van der Waals surface area contributed by atoms with Crippen molar-refractivity contribution in [2.45, 2.75) is 37.8 Å². The number of hydrogen-bond acceptors (Lipinski definition) is 3. The van der Waals surface area contributed by atoms with E-state index in [0.717, 1.165) is 31.5 Å². The molecule has 3 fully saturated rings. The van der Waals surface area contributed by atoms with Crippen molar-refractivity contribution in [1.82, 2.24) is 10.2 Å². The third-order valence-electron chi connectivity index (χ3n) is 4.74. The van der Waals surface area contributed by atoms with Gasteiger partial charge in [-0.15, -0.1) is 0 Å². The SMILES string of the molecule is NC(=O)C1CNCCN1C1CC2CCC1C2. The number of rotatable bonds is 2. The van der Waals surface area contributed by atoms with Crippen LogP contribution in [0.25, 0.3) is 0 Å². The number of fused-ring (bicyclic) bond motifs is 2. The molecule has 1 amide bonds. The molecule has 0 radical (unpaired) electrons. The molecule has 1 heterocycles. The lowest BCUT2D eigenvalue weighted by molar-refractivity contribution is -0.125. The summed E-state index contributed by atoms with van der Waals surface area (Å²) < 4.78 is 0. The van der Waals surface area contributed by atoms with E-state index in [1.807, 2.05) is 0 Å². The summed E-state index contributed by atoms with van der Waals surface area (Å²) in [5, 5.41) is 3.27. The number of piperazine rings is 1. The Hall–Kier alpha value is -0.610. The number of hydrogen-bond donors (Lipinski definition) is 2. The minimum atomic E-state index is -0.157. The van der Waals surface area contributed by atoms with Gasteiger partial charge in [-0.25, -0.2) is 0 Å². The van der Waals surface area contributed by atoms with Gasteiger partial charge in [0.1, 0.15) is 6.04 Å². The fourth-order valence-corrected chi connectivity index (χ4v) is 4.00. The van der Waals surface area contributed by atoms with Gasteiger partial charge >= 0.3 is 0 Å². The molecule has 1 saturated heterocycles. The van der Waals surface area contributed by atoms with Crippen LogP contribution in [-0.4, -0.2) is 42.5 Å². The molecule has 0 aromatic heterocycles. The van der Waals surface area contributed by atoms with Gasteiger partial charge in [0.05, 0.1) is 0 Å². The van der Waals surface area contributed by atoms with Gasteiger partial charge in [0.2, 0.25) is 5.91 Å². The first-order valence-corrected chi connectivity index (χ1v) is 6.51. The number of nitrogens with zero attached hydrogens (tertiary/aromatic N) is 1. The molecular formula is C12H21N3O. The van der Waals surface area contributed by atoms with Gasteiger partial charge in [-0.1, -0.05) is 6.42 Å². The van der Waals surface area contributed by atoms with Crippen molar-refractivity contribution < 1.29 is 4.79 Å². The molecule has 4 heteroatoms. The predicted molar refractivity (Wildman–Crippen MR) is 61.8 cm³/mol. The minimum Gasteiger partial charge on any atom is -0.368 e. The van der Waals surface area contributed by atoms with Crippen molar-refractivity contribution in [1.29, 1.82) is 0 Å². The number of carbonyl (C=O) groups is 1. The zero-order chi connectivity index (χ0) is 11.1. The normalized spacial score (nSPS) is 43.8. The highest BCUT2D eigenvalue weighted by atomic mass is 16.1. The van der Waals surface area contributed by atoms with Crippen molar-refractivity contribution in [3.63, 3.8) is 0 Å². The van der Waals surface area contributed by atoms with Gasteiger partial charge in [0, 0.05) is 25.7 Å². The Morgan fingerprint density at radius 1 is 1.31 bits per heavy atom. The van der Waals surface area contributed by atoms with Gasteiger partial charge in [-0.3, -0.25) is 9.69 Å². The molecule has 4 nitrogen and oxygen atoms in total. The second kappa shape index (κ2) is 4.00. The van der Waals surface area contributed by atoms with Crippen molar-refractivity contribution in [2.24, 2.45) is 17.6 Å². The van der Waals surface area contributed by atoms with Crippen molar-refractivity contribution >= 4 is 5.91 Å². The van der Waals surface area contributed by atoms with Crippen molar-refractivity contribution in [2.75, 3.05) is 19.6 Å². The minimum absolute atomic E-state index is 0.0712. The molecule has 2 bridgehead atoms. The standard InChI is InChI=1S/C12H21N3O/c13-12(16)11-7-14-3-4-15(11)10-6-8-1-2-9(10)5-8/h8-11,14H,1-7H2,(H2,13,16). The van der Waals surface area contributed by atoms with Gasteiger partial charge < -0.3 is 11.1 Å². The van der Waals surface area contributed by atoms with Crippen LogP contribution in [0.3, 0.4) is 0 Å². The average molecular weight is 223 g/mol. The van der Waals surface area contributed by atoms with Crippen LogP contribution >= 0.6 is 0 Å². The van der Waals surface area contributed by atoms with Crippen LogP contribution in [0.2, 0.25) is 0 Å². The fourth-order valence-electron chi connectivity index (χ4n) is 4.00. The molecule has 1 aliphatic heterocycles. The third-order valence-corrected chi connectivity index (χ3v) is 4.74. The van der Waals surface area contributed by atoms with Crippen molar-refractivity contribution in [3.8, 4) is 0 Å². The molecular weight excluding hydrogens is 202 g/mol. The number of carbonyl (C=O) groups excluding carboxylic acids is 1. The maximum Gasteiger partial charge on any atom is 0.236 e. The quantitative estimate of drug-likeness (QED) is 0.689. The Labute approximate surface area is 96.5 Å². The fraction of sp³-hybridized carbons (Fsp3) is 0.917. The van der Waals surface area contributed by atoms with Crippen LogP contribution in [0.1, 0.15) is 25.7 Å². The summed E-state index contributed by atoms with van der Waals surface area (Å²) in [6.07, 6.45) is 5.47. The van der Waals surface area contributed by atoms with Crippen LogP contribution in [0.5, 0.6) is 0 Å². The summed E-state index contributed by atoms with van der Waals surface area (Å²) in [4.78, 5) is 13.9. The van der Waals surface area contributed by atoms with Crippen LogP contribution in [-0.2, 0) is 4.79 Å². The smallest absolute Gasteiger partial charge is 0.236 e. The highest BCUT2D eigenvalue weighted by Gasteiger charge is 2.45. The number of primary amides is 1. The van der Waals surface area contributed by atoms with Gasteiger partial charge in [-0.2, -0.15) is 0 Å². The summed E-state index contributed by atoms with van der Waals surface area (Å²) in [7, 11) is 0. The second-order valence-corrected chi connectivity index (χ2v) is 5.60. The molecule has 2 saturated carbocycles. The maximum absolute atomic E-state index is 11.5. The Bertz CT molecular complexity index is 294. The lowest BCUT2D eigenvalue weighted by Gasteiger charge is -2.41. The highest BCUT2D eigenvalue weighted by molar-refractivity contribution is 5.80. The van der Waals surface area contributed by atoms with E-state index in [4.69, 9.17) is 5.73 Å². The van der Waals surface area contributed by atoms with Gasteiger partial charge in [0.25, 0.3) is 0 Å². The Morgan fingerprint density at radius 3 is 2.81 bits per heavy atom. The van der Waals surface area contributed by atoms with Crippen molar-refractivity contribution in [3.05, 3.63) is 0 Å². The molecule has 16 heavy (non-hydrogen) atoms. The Balaban J connectivity index is 1.74. The van der Waals surface area contributed by atoms with E-state index in [-0.39, 0.29) is 11.9 Å². The molecule has 3 aliphatic rings. The molecule has 2 aliphatic carbocycles. The summed E-state index contributed by atoms with van der Waals surface area (Å²) >= 11 is 0. The summed E-state index contributed by atoms with van der Waals surface area (Å²) in [5.41, 5.74) is 5.50. The average Bonchev–Trinajstić information content (AvgIpc) is 2.90.